The molecule has 0 bridgehead atoms. The molecule has 2 rings (SSSR count). The SMILES string of the molecule is Nc1[nH]ncc1C(=O)NCCCC(=O)NC1CC1. The molecule has 5 N–H and O–H groups in total. The Balaban J connectivity index is 1.61. The summed E-state index contributed by atoms with van der Waals surface area (Å²) in [7, 11) is 0. The molecule has 18 heavy (non-hydrogen) atoms. The third-order valence-electron chi connectivity index (χ3n) is 2.72. The molecule has 2 amide bonds. The summed E-state index contributed by atoms with van der Waals surface area (Å²) >= 11 is 0. The average molecular weight is 251 g/mol. The van der Waals surface area contributed by atoms with Gasteiger partial charge in [0.25, 0.3) is 5.91 Å². The van der Waals surface area contributed by atoms with Crippen molar-refractivity contribution in [3.63, 3.8) is 0 Å². The summed E-state index contributed by atoms with van der Waals surface area (Å²) in [5.74, 6) is 0.0254. The van der Waals surface area contributed by atoms with E-state index in [0.717, 1.165) is 12.8 Å². The maximum atomic E-state index is 11.6. The molecule has 98 valence electrons. The molecule has 0 atom stereocenters. The third kappa shape index (κ3) is 3.47. The van der Waals surface area contributed by atoms with Gasteiger partial charge in [0.05, 0.1) is 6.20 Å². The lowest BCUT2D eigenvalue weighted by molar-refractivity contribution is -0.121. The molecule has 1 aromatic rings. The van der Waals surface area contributed by atoms with E-state index in [0.29, 0.717) is 31.0 Å². The van der Waals surface area contributed by atoms with Crippen LogP contribution in [0.5, 0.6) is 0 Å². The second kappa shape index (κ2) is 5.52. The van der Waals surface area contributed by atoms with Crippen LogP contribution in [0.15, 0.2) is 6.20 Å². The smallest absolute Gasteiger partial charge is 0.256 e. The van der Waals surface area contributed by atoms with Gasteiger partial charge in [0.15, 0.2) is 0 Å². The van der Waals surface area contributed by atoms with E-state index in [2.05, 4.69) is 20.8 Å². The fourth-order valence-electron chi connectivity index (χ4n) is 1.55. The molecule has 7 nitrogen and oxygen atoms in total. The predicted molar refractivity (Wildman–Crippen MR) is 65.7 cm³/mol. The van der Waals surface area contributed by atoms with Crippen LogP contribution in [0.25, 0.3) is 0 Å². The van der Waals surface area contributed by atoms with E-state index >= 15 is 0 Å². The van der Waals surface area contributed by atoms with Crippen LogP contribution >= 0.6 is 0 Å². The summed E-state index contributed by atoms with van der Waals surface area (Å²) in [6, 6.07) is 0.387. The van der Waals surface area contributed by atoms with E-state index in [9.17, 15) is 9.59 Å². The molecule has 0 aliphatic heterocycles. The van der Waals surface area contributed by atoms with Crippen molar-refractivity contribution in [2.24, 2.45) is 0 Å². The molecule has 0 radical (unpaired) electrons. The van der Waals surface area contributed by atoms with Crippen LogP contribution < -0.4 is 16.4 Å². The first-order valence-corrected chi connectivity index (χ1v) is 6.03. The van der Waals surface area contributed by atoms with Gasteiger partial charge in [0.2, 0.25) is 5.91 Å². The number of anilines is 1. The topological polar surface area (TPSA) is 113 Å². The molecule has 0 aromatic carbocycles. The quantitative estimate of drug-likeness (QED) is 0.523. The van der Waals surface area contributed by atoms with Gasteiger partial charge in [-0.05, 0) is 19.3 Å². The Kier molecular flexibility index (Phi) is 3.81. The number of rotatable bonds is 6. The number of carbonyl (C=O) groups is 2. The highest BCUT2D eigenvalue weighted by Gasteiger charge is 2.22. The average Bonchev–Trinajstić information content (AvgIpc) is 3.04. The van der Waals surface area contributed by atoms with Gasteiger partial charge in [-0.1, -0.05) is 0 Å². The zero-order chi connectivity index (χ0) is 13.0. The molecule has 1 aliphatic carbocycles. The van der Waals surface area contributed by atoms with Crippen LogP contribution in [0, 0.1) is 0 Å². The number of H-pyrrole nitrogens is 1. The minimum atomic E-state index is -0.274. The second-order valence-electron chi connectivity index (χ2n) is 4.40. The lowest BCUT2D eigenvalue weighted by Gasteiger charge is -2.05. The summed E-state index contributed by atoms with van der Waals surface area (Å²) in [5.41, 5.74) is 5.84. The van der Waals surface area contributed by atoms with Crippen LogP contribution in [-0.4, -0.2) is 34.6 Å². The zero-order valence-corrected chi connectivity index (χ0v) is 10.0. The van der Waals surface area contributed by atoms with Crippen LogP contribution in [0.4, 0.5) is 5.82 Å². The first-order chi connectivity index (χ1) is 8.66. The number of carbonyl (C=O) groups excluding carboxylic acids is 2. The predicted octanol–water partition coefficient (Wildman–Crippen LogP) is -0.220. The number of hydrogen-bond acceptors (Lipinski definition) is 4. The molecule has 1 saturated carbocycles. The molecule has 1 fully saturated rings. The molecular formula is C11H17N5O2. The standard InChI is InChI=1S/C11H17N5O2/c12-10-8(6-14-16-10)11(18)13-5-1-2-9(17)15-7-3-4-7/h6-7H,1-5H2,(H,13,18)(H,15,17)(H3,12,14,16). The van der Waals surface area contributed by atoms with E-state index < -0.39 is 0 Å². The van der Waals surface area contributed by atoms with Crippen molar-refractivity contribution in [2.45, 2.75) is 31.7 Å². The number of nitrogens with two attached hydrogens (primary N) is 1. The fourth-order valence-corrected chi connectivity index (χ4v) is 1.55. The van der Waals surface area contributed by atoms with E-state index in [1.165, 1.54) is 6.20 Å². The summed E-state index contributed by atoms with van der Waals surface area (Å²) in [5, 5.41) is 11.7. The summed E-state index contributed by atoms with van der Waals surface area (Å²) in [6.45, 7) is 0.446. The van der Waals surface area contributed by atoms with Gasteiger partial charge < -0.3 is 16.4 Å². The van der Waals surface area contributed by atoms with Gasteiger partial charge in [-0.2, -0.15) is 5.10 Å². The number of nitrogens with one attached hydrogen (secondary N) is 3. The molecule has 7 heteroatoms. The Labute approximate surface area is 105 Å². The third-order valence-corrected chi connectivity index (χ3v) is 2.72. The van der Waals surface area contributed by atoms with Gasteiger partial charge in [-0.15, -0.1) is 0 Å². The van der Waals surface area contributed by atoms with Crippen molar-refractivity contribution in [1.82, 2.24) is 20.8 Å². The van der Waals surface area contributed by atoms with E-state index in [-0.39, 0.29) is 17.6 Å². The van der Waals surface area contributed by atoms with Gasteiger partial charge in [-0.3, -0.25) is 14.7 Å². The van der Waals surface area contributed by atoms with Crippen LogP contribution in [-0.2, 0) is 4.79 Å². The van der Waals surface area contributed by atoms with Crippen molar-refractivity contribution >= 4 is 17.6 Å². The maximum Gasteiger partial charge on any atom is 0.256 e. The highest BCUT2D eigenvalue weighted by Crippen LogP contribution is 2.18. The first kappa shape index (κ1) is 12.4. The van der Waals surface area contributed by atoms with Gasteiger partial charge in [0, 0.05) is 19.0 Å². The lowest BCUT2D eigenvalue weighted by atomic mass is 10.2. The van der Waals surface area contributed by atoms with E-state index in [1.807, 2.05) is 0 Å². The van der Waals surface area contributed by atoms with Crippen LogP contribution in [0.1, 0.15) is 36.0 Å². The van der Waals surface area contributed by atoms with Crippen LogP contribution in [0.2, 0.25) is 0 Å². The monoisotopic (exact) mass is 251 g/mol. The van der Waals surface area contributed by atoms with Gasteiger partial charge in [0.1, 0.15) is 11.4 Å². The number of aromatic nitrogens is 2. The van der Waals surface area contributed by atoms with Crippen molar-refractivity contribution in [3.05, 3.63) is 11.8 Å². The van der Waals surface area contributed by atoms with Crippen molar-refractivity contribution < 1.29 is 9.59 Å². The Bertz CT molecular complexity index is 438. The number of hydrogen-bond donors (Lipinski definition) is 4. The van der Waals surface area contributed by atoms with Gasteiger partial charge in [-0.25, -0.2) is 0 Å². The second-order valence-corrected chi connectivity index (χ2v) is 4.40. The highest BCUT2D eigenvalue weighted by atomic mass is 16.2. The Morgan fingerprint density at radius 3 is 2.89 bits per heavy atom. The highest BCUT2D eigenvalue weighted by molar-refractivity contribution is 5.98. The largest absolute Gasteiger partial charge is 0.383 e. The Morgan fingerprint density at radius 2 is 2.28 bits per heavy atom. The van der Waals surface area contributed by atoms with Crippen molar-refractivity contribution in [3.8, 4) is 0 Å². The zero-order valence-electron chi connectivity index (χ0n) is 10.0. The van der Waals surface area contributed by atoms with Crippen molar-refractivity contribution in [1.29, 1.82) is 0 Å². The van der Waals surface area contributed by atoms with E-state index in [4.69, 9.17) is 5.73 Å². The number of nitrogens with zero attached hydrogens (tertiary/aromatic N) is 1. The lowest BCUT2D eigenvalue weighted by Crippen LogP contribution is -2.28. The van der Waals surface area contributed by atoms with Crippen LogP contribution in [0.3, 0.4) is 0 Å². The molecular weight excluding hydrogens is 234 g/mol. The Morgan fingerprint density at radius 1 is 1.50 bits per heavy atom. The number of amides is 2. The Hall–Kier alpha value is -2.05. The minimum Gasteiger partial charge on any atom is -0.383 e. The molecule has 0 spiro atoms. The molecule has 0 unspecified atom stereocenters. The molecule has 0 saturated heterocycles. The fraction of sp³-hybridized carbons (Fsp3) is 0.545. The summed E-state index contributed by atoms with van der Waals surface area (Å²) in [4.78, 5) is 23.0. The molecule has 1 heterocycles. The number of aromatic amines is 1. The minimum absolute atomic E-state index is 0.0505. The summed E-state index contributed by atoms with van der Waals surface area (Å²) in [6.07, 6.45) is 4.59. The normalized spacial score (nSPS) is 14.2. The first-order valence-electron chi connectivity index (χ1n) is 6.03. The number of nitrogen functional groups attached to an aromatic ring is 1. The van der Waals surface area contributed by atoms with E-state index in [1.54, 1.807) is 0 Å². The van der Waals surface area contributed by atoms with Gasteiger partial charge >= 0.3 is 0 Å². The molecule has 1 aliphatic rings. The maximum absolute atomic E-state index is 11.6. The van der Waals surface area contributed by atoms with Crippen molar-refractivity contribution in [2.75, 3.05) is 12.3 Å². The molecule has 1 aromatic heterocycles. The summed E-state index contributed by atoms with van der Waals surface area (Å²) < 4.78 is 0.